The van der Waals surface area contributed by atoms with E-state index in [9.17, 15) is 13.2 Å². The largest absolute Gasteiger partial charge is 0.322 e. The molecule has 0 saturated heterocycles. The Hall–Kier alpha value is -2.18. The molecule has 1 aliphatic rings. The molecule has 2 aromatic carbocycles. The number of rotatable bonds is 5. The molecule has 0 atom stereocenters. The highest BCUT2D eigenvalue weighted by atomic mass is 32.2. The average Bonchev–Trinajstić information content (AvgIpc) is 2.63. The summed E-state index contributed by atoms with van der Waals surface area (Å²) in [4.78, 5) is 12.6. The van der Waals surface area contributed by atoms with E-state index in [1.807, 2.05) is 25.1 Å². The predicted molar refractivity (Wildman–Crippen MR) is 103 cm³/mol. The van der Waals surface area contributed by atoms with E-state index < -0.39 is 10.0 Å². The Kier molecular flexibility index (Phi) is 5.74. The maximum Gasteiger partial charge on any atom is 0.255 e. The Bertz CT molecular complexity index is 870. The molecule has 0 unspecified atom stereocenters. The molecule has 138 valence electrons. The Morgan fingerprint density at radius 2 is 1.62 bits per heavy atom. The number of carbonyl (C=O) groups is 1. The van der Waals surface area contributed by atoms with Crippen LogP contribution < -0.4 is 10.0 Å². The molecule has 0 aromatic heterocycles. The van der Waals surface area contributed by atoms with Crippen molar-refractivity contribution in [3.63, 3.8) is 0 Å². The van der Waals surface area contributed by atoms with Gasteiger partial charge in [0.2, 0.25) is 10.0 Å². The molecular weight excluding hydrogens is 348 g/mol. The van der Waals surface area contributed by atoms with Crippen LogP contribution in [-0.4, -0.2) is 20.4 Å². The third-order valence-corrected chi connectivity index (χ3v) is 6.28. The fraction of sp³-hybridized carbons (Fsp3) is 0.350. The van der Waals surface area contributed by atoms with Crippen molar-refractivity contribution in [1.82, 2.24) is 4.72 Å². The minimum Gasteiger partial charge on any atom is -0.322 e. The maximum atomic E-state index is 12.5. The number of aryl methyl sites for hydroxylation is 1. The Morgan fingerprint density at radius 1 is 0.962 bits per heavy atom. The minimum atomic E-state index is -3.53. The lowest BCUT2D eigenvalue weighted by atomic mass is 9.96. The summed E-state index contributed by atoms with van der Waals surface area (Å²) >= 11 is 0. The van der Waals surface area contributed by atoms with Crippen molar-refractivity contribution < 1.29 is 13.2 Å². The SMILES string of the molecule is Cc1ccccc1C(=O)Nc1ccc(S(=O)(=O)NC2CCCCC2)cc1. The molecule has 0 heterocycles. The molecule has 5 nitrogen and oxygen atoms in total. The average molecular weight is 372 g/mol. The molecule has 1 fully saturated rings. The van der Waals surface area contributed by atoms with E-state index in [0.29, 0.717) is 11.3 Å². The number of amides is 1. The summed E-state index contributed by atoms with van der Waals surface area (Å²) in [5, 5.41) is 2.80. The van der Waals surface area contributed by atoms with E-state index in [1.54, 1.807) is 18.2 Å². The monoisotopic (exact) mass is 372 g/mol. The van der Waals surface area contributed by atoms with Crippen LogP contribution in [0.1, 0.15) is 48.0 Å². The molecule has 2 aromatic rings. The number of benzene rings is 2. The van der Waals surface area contributed by atoms with E-state index >= 15 is 0 Å². The molecule has 0 aliphatic heterocycles. The van der Waals surface area contributed by atoms with E-state index in [0.717, 1.165) is 31.2 Å². The molecular formula is C20H24N2O3S. The van der Waals surface area contributed by atoms with Crippen LogP contribution in [0.15, 0.2) is 53.4 Å². The first-order valence-electron chi connectivity index (χ1n) is 8.95. The lowest BCUT2D eigenvalue weighted by molar-refractivity contribution is 0.102. The van der Waals surface area contributed by atoms with E-state index in [1.165, 1.54) is 18.6 Å². The van der Waals surface area contributed by atoms with Crippen LogP contribution in [0.2, 0.25) is 0 Å². The third-order valence-electron chi connectivity index (χ3n) is 4.74. The first-order chi connectivity index (χ1) is 12.5. The zero-order valence-electron chi connectivity index (χ0n) is 14.9. The number of hydrogen-bond donors (Lipinski definition) is 2. The molecule has 0 bridgehead atoms. The van der Waals surface area contributed by atoms with Crippen LogP contribution in [0.5, 0.6) is 0 Å². The topological polar surface area (TPSA) is 75.3 Å². The summed E-state index contributed by atoms with van der Waals surface area (Å²) in [6, 6.07) is 13.6. The number of anilines is 1. The van der Waals surface area contributed by atoms with Crippen LogP contribution in [0, 0.1) is 6.92 Å². The normalized spacial score (nSPS) is 15.6. The van der Waals surface area contributed by atoms with Crippen molar-refractivity contribution in [2.75, 3.05) is 5.32 Å². The molecule has 0 radical (unpaired) electrons. The van der Waals surface area contributed by atoms with E-state index in [4.69, 9.17) is 0 Å². The predicted octanol–water partition coefficient (Wildman–Crippen LogP) is 3.86. The van der Waals surface area contributed by atoms with Gasteiger partial charge >= 0.3 is 0 Å². The molecule has 26 heavy (non-hydrogen) atoms. The van der Waals surface area contributed by atoms with Gasteiger partial charge in [-0.05, 0) is 55.7 Å². The van der Waals surface area contributed by atoms with Crippen LogP contribution in [0.4, 0.5) is 5.69 Å². The van der Waals surface area contributed by atoms with Crippen LogP contribution in [0.25, 0.3) is 0 Å². The summed E-state index contributed by atoms with van der Waals surface area (Å²) < 4.78 is 27.8. The van der Waals surface area contributed by atoms with Crippen molar-refractivity contribution in [3.8, 4) is 0 Å². The first-order valence-corrected chi connectivity index (χ1v) is 10.4. The van der Waals surface area contributed by atoms with Crippen molar-refractivity contribution in [2.24, 2.45) is 0 Å². The highest BCUT2D eigenvalue weighted by Gasteiger charge is 2.21. The standard InChI is InChI=1S/C20H24N2O3S/c1-15-7-5-6-10-19(15)20(23)21-16-11-13-18(14-12-16)26(24,25)22-17-8-3-2-4-9-17/h5-7,10-14,17,22H,2-4,8-9H2,1H3,(H,21,23). The summed E-state index contributed by atoms with van der Waals surface area (Å²) in [6.07, 6.45) is 5.09. The fourth-order valence-corrected chi connectivity index (χ4v) is 4.56. The van der Waals surface area contributed by atoms with Gasteiger partial charge in [-0.25, -0.2) is 13.1 Å². The van der Waals surface area contributed by atoms with Crippen molar-refractivity contribution in [1.29, 1.82) is 0 Å². The Balaban J connectivity index is 1.68. The minimum absolute atomic E-state index is 0.0224. The van der Waals surface area contributed by atoms with Gasteiger partial charge in [-0.1, -0.05) is 37.5 Å². The lowest BCUT2D eigenvalue weighted by Gasteiger charge is -2.22. The highest BCUT2D eigenvalue weighted by molar-refractivity contribution is 7.89. The van der Waals surface area contributed by atoms with Gasteiger partial charge in [0.25, 0.3) is 5.91 Å². The third kappa shape index (κ3) is 4.51. The van der Waals surface area contributed by atoms with Crippen molar-refractivity contribution in [3.05, 3.63) is 59.7 Å². The molecule has 1 aliphatic carbocycles. The number of sulfonamides is 1. The number of hydrogen-bond acceptors (Lipinski definition) is 3. The quantitative estimate of drug-likeness (QED) is 0.837. The molecule has 1 amide bonds. The van der Waals surface area contributed by atoms with Crippen LogP contribution >= 0.6 is 0 Å². The lowest BCUT2D eigenvalue weighted by Crippen LogP contribution is -2.36. The van der Waals surface area contributed by atoms with Crippen LogP contribution in [-0.2, 0) is 10.0 Å². The van der Waals surface area contributed by atoms with Crippen LogP contribution in [0.3, 0.4) is 0 Å². The summed E-state index contributed by atoms with van der Waals surface area (Å²) in [7, 11) is -3.53. The second-order valence-electron chi connectivity index (χ2n) is 6.75. The number of nitrogens with one attached hydrogen (secondary N) is 2. The van der Waals surface area contributed by atoms with E-state index in [-0.39, 0.29) is 16.8 Å². The summed E-state index contributed by atoms with van der Waals surface area (Å²) in [5.41, 5.74) is 2.05. The van der Waals surface area contributed by atoms with Gasteiger partial charge < -0.3 is 5.32 Å². The van der Waals surface area contributed by atoms with Gasteiger partial charge in [0.1, 0.15) is 0 Å². The zero-order valence-corrected chi connectivity index (χ0v) is 15.7. The molecule has 1 saturated carbocycles. The second-order valence-corrected chi connectivity index (χ2v) is 8.46. The van der Waals surface area contributed by atoms with Gasteiger partial charge in [0.15, 0.2) is 0 Å². The maximum absolute atomic E-state index is 12.5. The Labute approximate surface area is 154 Å². The Morgan fingerprint density at radius 3 is 2.27 bits per heavy atom. The fourth-order valence-electron chi connectivity index (χ4n) is 3.25. The summed E-state index contributed by atoms with van der Waals surface area (Å²) in [5.74, 6) is -0.209. The van der Waals surface area contributed by atoms with Gasteiger partial charge in [0.05, 0.1) is 4.90 Å². The molecule has 6 heteroatoms. The smallest absolute Gasteiger partial charge is 0.255 e. The van der Waals surface area contributed by atoms with Crippen molar-refractivity contribution in [2.45, 2.75) is 50.0 Å². The molecule has 0 spiro atoms. The summed E-state index contributed by atoms with van der Waals surface area (Å²) in [6.45, 7) is 1.88. The van der Waals surface area contributed by atoms with E-state index in [2.05, 4.69) is 10.0 Å². The number of carbonyl (C=O) groups excluding carboxylic acids is 1. The molecule has 3 rings (SSSR count). The van der Waals surface area contributed by atoms with Gasteiger partial charge in [-0.15, -0.1) is 0 Å². The second kappa shape index (κ2) is 8.01. The highest BCUT2D eigenvalue weighted by Crippen LogP contribution is 2.21. The van der Waals surface area contributed by atoms with Gasteiger partial charge in [-0.3, -0.25) is 4.79 Å². The zero-order chi connectivity index (χ0) is 18.6. The van der Waals surface area contributed by atoms with Gasteiger partial charge in [0, 0.05) is 17.3 Å². The molecule has 2 N–H and O–H groups in total. The first kappa shape index (κ1) is 18.6. The van der Waals surface area contributed by atoms with Crippen molar-refractivity contribution >= 4 is 21.6 Å². The van der Waals surface area contributed by atoms with Gasteiger partial charge in [-0.2, -0.15) is 0 Å².